The highest BCUT2D eigenvalue weighted by atomic mass is 79.9. The molecule has 0 atom stereocenters. The Labute approximate surface area is 157 Å². The average molecular weight is 413 g/mol. The van der Waals surface area contributed by atoms with Crippen LogP contribution in [0.1, 0.15) is 31.1 Å². The third-order valence-electron chi connectivity index (χ3n) is 3.80. The van der Waals surface area contributed by atoms with Crippen LogP contribution in [0.4, 0.5) is 4.79 Å². The zero-order valence-electron chi connectivity index (χ0n) is 15.0. The molecule has 1 amide bonds. The van der Waals surface area contributed by atoms with Gasteiger partial charge >= 0.3 is 6.09 Å². The summed E-state index contributed by atoms with van der Waals surface area (Å²) in [6.45, 7) is 9.89. The summed E-state index contributed by atoms with van der Waals surface area (Å²) >= 11 is 3.35. The van der Waals surface area contributed by atoms with Crippen LogP contribution in [-0.4, -0.2) is 67.1 Å². The van der Waals surface area contributed by atoms with Gasteiger partial charge in [0.15, 0.2) is 6.29 Å². The van der Waals surface area contributed by atoms with E-state index in [-0.39, 0.29) is 6.09 Å². The molecule has 0 bridgehead atoms. The van der Waals surface area contributed by atoms with E-state index < -0.39 is 5.60 Å². The van der Waals surface area contributed by atoms with Gasteiger partial charge in [-0.1, -0.05) is 0 Å². The molecule has 25 heavy (non-hydrogen) atoms. The van der Waals surface area contributed by atoms with Crippen LogP contribution >= 0.6 is 15.9 Å². The molecule has 1 heterocycles. The number of carbonyl (C=O) groups is 2. The standard InChI is InChI=1S/C18H25BrN2O4/c1-18(2,3)25-17(23)21-8-6-20(7-9-21)10-11-24-15-5-4-14(13-22)16(19)12-15/h4-5,12-13H,6-11H2,1-3H3. The average Bonchev–Trinajstić information content (AvgIpc) is 2.54. The van der Waals surface area contributed by atoms with E-state index in [1.165, 1.54) is 0 Å². The molecule has 1 aromatic rings. The Morgan fingerprint density at radius 3 is 2.48 bits per heavy atom. The summed E-state index contributed by atoms with van der Waals surface area (Å²) in [5, 5.41) is 0. The lowest BCUT2D eigenvalue weighted by atomic mass is 10.2. The van der Waals surface area contributed by atoms with E-state index in [9.17, 15) is 9.59 Å². The van der Waals surface area contributed by atoms with Crippen molar-refractivity contribution in [2.24, 2.45) is 0 Å². The zero-order chi connectivity index (χ0) is 18.4. The summed E-state index contributed by atoms with van der Waals surface area (Å²) in [5.74, 6) is 0.727. The van der Waals surface area contributed by atoms with Crippen molar-refractivity contribution in [2.45, 2.75) is 26.4 Å². The molecule has 1 fully saturated rings. The summed E-state index contributed by atoms with van der Waals surface area (Å²) in [6, 6.07) is 5.31. The molecule has 0 aliphatic carbocycles. The number of rotatable bonds is 5. The van der Waals surface area contributed by atoms with Crippen LogP contribution < -0.4 is 4.74 Å². The number of piperazine rings is 1. The summed E-state index contributed by atoms with van der Waals surface area (Å²) in [5.41, 5.74) is 0.140. The van der Waals surface area contributed by atoms with Crippen LogP contribution in [0.15, 0.2) is 22.7 Å². The predicted molar refractivity (Wildman–Crippen MR) is 99.3 cm³/mol. The Morgan fingerprint density at radius 2 is 1.92 bits per heavy atom. The van der Waals surface area contributed by atoms with Crippen molar-refractivity contribution < 1.29 is 19.1 Å². The van der Waals surface area contributed by atoms with E-state index in [0.717, 1.165) is 36.1 Å². The molecule has 2 rings (SSSR count). The first-order valence-corrected chi connectivity index (χ1v) is 9.15. The van der Waals surface area contributed by atoms with Gasteiger partial charge in [0.2, 0.25) is 0 Å². The molecular weight excluding hydrogens is 388 g/mol. The number of carbonyl (C=O) groups excluding carboxylic acids is 2. The molecule has 0 spiro atoms. The fourth-order valence-corrected chi connectivity index (χ4v) is 2.92. The lowest BCUT2D eigenvalue weighted by Crippen LogP contribution is -2.50. The summed E-state index contributed by atoms with van der Waals surface area (Å²) in [6.07, 6.45) is 0.557. The maximum Gasteiger partial charge on any atom is 0.410 e. The minimum absolute atomic E-state index is 0.247. The number of ether oxygens (including phenoxy) is 2. The van der Waals surface area contributed by atoms with Crippen LogP contribution in [0.3, 0.4) is 0 Å². The molecule has 6 nitrogen and oxygen atoms in total. The first-order valence-electron chi connectivity index (χ1n) is 8.36. The number of hydrogen-bond donors (Lipinski definition) is 0. The van der Waals surface area contributed by atoms with E-state index in [1.807, 2.05) is 20.8 Å². The molecule has 1 aliphatic rings. The molecule has 1 aromatic carbocycles. The Hall–Kier alpha value is -1.60. The topological polar surface area (TPSA) is 59.1 Å². The number of nitrogens with zero attached hydrogens (tertiary/aromatic N) is 2. The molecule has 0 saturated carbocycles. The number of benzene rings is 1. The molecule has 1 aliphatic heterocycles. The van der Waals surface area contributed by atoms with E-state index in [2.05, 4.69) is 20.8 Å². The van der Waals surface area contributed by atoms with Crippen molar-refractivity contribution in [3.8, 4) is 5.75 Å². The van der Waals surface area contributed by atoms with E-state index >= 15 is 0 Å². The van der Waals surface area contributed by atoms with E-state index in [1.54, 1.807) is 23.1 Å². The molecule has 0 N–H and O–H groups in total. The van der Waals surface area contributed by atoms with Gasteiger partial charge in [0.1, 0.15) is 18.0 Å². The van der Waals surface area contributed by atoms with Crippen molar-refractivity contribution in [1.82, 2.24) is 9.80 Å². The van der Waals surface area contributed by atoms with Gasteiger partial charge in [-0.3, -0.25) is 9.69 Å². The Bertz CT molecular complexity index is 608. The summed E-state index contributed by atoms with van der Waals surface area (Å²) < 4.78 is 11.9. The zero-order valence-corrected chi connectivity index (χ0v) is 16.5. The Kier molecular flexibility index (Phi) is 6.84. The van der Waals surface area contributed by atoms with E-state index in [0.29, 0.717) is 25.3 Å². The number of amides is 1. The van der Waals surface area contributed by atoms with Crippen molar-refractivity contribution >= 4 is 28.3 Å². The SMILES string of the molecule is CC(C)(C)OC(=O)N1CCN(CCOc2ccc(C=O)c(Br)c2)CC1. The lowest BCUT2D eigenvalue weighted by Gasteiger charge is -2.35. The third-order valence-corrected chi connectivity index (χ3v) is 4.49. The van der Waals surface area contributed by atoms with Crippen molar-refractivity contribution in [2.75, 3.05) is 39.3 Å². The lowest BCUT2D eigenvalue weighted by molar-refractivity contribution is 0.0137. The summed E-state index contributed by atoms with van der Waals surface area (Å²) in [4.78, 5) is 26.8. The molecule has 0 aromatic heterocycles. The van der Waals surface area contributed by atoms with Gasteiger partial charge in [-0.05, 0) is 54.9 Å². The fourth-order valence-electron chi connectivity index (χ4n) is 2.47. The number of aldehydes is 1. The Balaban J connectivity index is 1.71. The molecule has 1 saturated heterocycles. The predicted octanol–water partition coefficient (Wildman–Crippen LogP) is 3.19. The highest BCUT2D eigenvalue weighted by Crippen LogP contribution is 2.22. The highest BCUT2D eigenvalue weighted by molar-refractivity contribution is 9.10. The first-order chi connectivity index (χ1) is 11.8. The largest absolute Gasteiger partial charge is 0.492 e. The maximum absolute atomic E-state index is 12.0. The van der Waals surface area contributed by atoms with Crippen LogP contribution in [-0.2, 0) is 4.74 Å². The second kappa shape index (κ2) is 8.67. The molecule has 0 unspecified atom stereocenters. The van der Waals surface area contributed by atoms with Gasteiger partial charge in [0, 0.05) is 42.8 Å². The maximum atomic E-state index is 12.0. The van der Waals surface area contributed by atoms with Crippen molar-refractivity contribution in [3.05, 3.63) is 28.2 Å². The van der Waals surface area contributed by atoms with Crippen molar-refractivity contribution in [3.63, 3.8) is 0 Å². The van der Waals surface area contributed by atoms with Crippen LogP contribution in [0.2, 0.25) is 0 Å². The van der Waals surface area contributed by atoms with Gasteiger partial charge < -0.3 is 14.4 Å². The summed E-state index contributed by atoms with van der Waals surface area (Å²) in [7, 11) is 0. The highest BCUT2D eigenvalue weighted by Gasteiger charge is 2.25. The second-order valence-electron chi connectivity index (χ2n) is 6.96. The van der Waals surface area contributed by atoms with Gasteiger partial charge in [-0.2, -0.15) is 0 Å². The number of halogens is 1. The molecule has 7 heteroatoms. The minimum Gasteiger partial charge on any atom is -0.492 e. The van der Waals surface area contributed by atoms with Crippen LogP contribution in [0, 0.1) is 0 Å². The monoisotopic (exact) mass is 412 g/mol. The fraction of sp³-hybridized carbons (Fsp3) is 0.556. The molecular formula is C18H25BrN2O4. The van der Waals surface area contributed by atoms with Gasteiger partial charge in [-0.25, -0.2) is 4.79 Å². The minimum atomic E-state index is -0.463. The Morgan fingerprint density at radius 1 is 1.24 bits per heavy atom. The first kappa shape index (κ1) is 19.7. The van der Waals surface area contributed by atoms with Crippen LogP contribution in [0.25, 0.3) is 0 Å². The van der Waals surface area contributed by atoms with Crippen LogP contribution in [0.5, 0.6) is 5.75 Å². The normalized spacial score (nSPS) is 15.8. The van der Waals surface area contributed by atoms with Crippen molar-refractivity contribution in [1.29, 1.82) is 0 Å². The smallest absolute Gasteiger partial charge is 0.410 e. The molecule has 0 radical (unpaired) electrons. The van der Waals surface area contributed by atoms with Gasteiger partial charge in [0.25, 0.3) is 0 Å². The number of hydrogen-bond acceptors (Lipinski definition) is 5. The van der Waals surface area contributed by atoms with Gasteiger partial charge in [0.05, 0.1) is 0 Å². The molecule has 138 valence electrons. The quantitative estimate of drug-likeness (QED) is 0.694. The van der Waals surface area contributed by atoms with E-state index in [4.69, 9.17) is 9.47 Å². The second-order valence-corrected chi connectivity index (χ2v) is 7.81. The van der Waals surface area contributed by atoms with Gasteiger partial charge in [-0.15, -0.1) is 0 Å². The third kappa shape index (κ3) is 6.32.